The minimum Gasteiger partial charge on any atom is -0.497 e. The highest BCUT2D eigenvalue weighted by molar-refractivity contribution is 5.94. The van der Waals surface area contributed by atoms with Crippen LogP contribution in [0.4, 0.5) is 18.9 Å². The van der Waals surface area contributed by atoms with E-state index in [0.717, 1.165) is 18.2 Å². The molecule has 8 heteroatoms. The minimum absolute atomic E-state index is 0.185. The molecular weight excluding hydrogens is 363 g/mol. The van der Waals surface area contributed by atoms with Gasteiger partial charge in [-0.1, -0.05) is 12.1 Å². The number of esters is 1. The zero-order chi connectivity index (χ0) is 19.9. The van der Waals surface area contributed by atoms with E-state index < -0.39 is 30.2 Å². The number of carbonyl (C=O) groups excluding carboxylic acids is 2. The molecule has 0 radical (unpaired) electrons. The summed E-state index contributed by atoms with van der Waals surface area (Å²) < 4.78 is 47.6. The monoisotopic (exact) mass is 379 g/mol. The van der Waals surface area contributed by atoms with Gasteiger partial charge in [0.25, 0.3) is 5.91 Å². The van der Waals surface area contributed by atoms with E-state index in [-0.39, 0.29) is 5.56 Å². The van der Waals surface area contributed by atoms with Crippen LogP contribution in [0.3, 0.4) is 0 Å². The molecule has 0 aliphatic carbocycles. The van der Waals surface area contributed by atoms with Gasteiger partial charge in [0.05, 0.1) is 12.7 Å². The van der Waals surface area contributed by atoms with Crippen molar-refractivity contribution >= 4 is 23.6 Å². The van der Waals surface area contributed by atoms with E-state index in [0.29, 0.717) is 11.4 Å². The highest BCUT2D eigenvalue weighted by atomic mass is 19.4. The van der Waals surface area contributed by atoms with Crippen molar-refractivity contribution in [2.45, 2.75) is 6.18 Å². The molecule has 0 heterocycles. The summed E-state index contributed by atoms with van der Waals surface area (Å²) in [4.78, 5) is 23.3. The number of methoxy groups -OCH3 is 1. The number of alkyl halides is 3. The average molecular weight is 379 g/mol. The first-order valence-corrected chi connectivity index (χ1v) is 7.74. The van der Waals surface area contributed by atoms with E-state index in [4.69, 9.17) is 9.47 Å². The van der Waals surface area contributed by atoms with Crippen LogP contribution in [-0.2, 0) is 20.5 Å². The number of nitrogens with one attached hydrogen (secondary N) is 1. The molecule has 0 aliphatic rings. The van der Waals surface area contributed by atoms with Crippen molar-refractivity contribution in [1.29, 1.82) is 0 Å². The third kappa shape index (κ3) is 6.50. The van der Waals surface area contributed by atoms with Crippen molar-refractivity contribution in [3.63, 3.8) is 0 Å². The molecule has 1 N–H and O–H groups in total. The Morgan fingerprint density at radius 1 is 1.11 bits per heavy atom. The molecule has 0 saturated carbocycles. The largest absolute Gasteiger partial charge is 0.497 e. The third-order valence-corrected chi connectivity index (χ3v) is 3.35. The topological polar surface area (TPSA) is 64.6 Å². The van der Waals surface area contributed by atoms with Gasteiger partial charge in [0, 0.05) is 11.8 Å². The smallest absolute Gasteiger partial charge is 0.416 e. The molecule has 0 saturated heterocycles. The Balaban J connectivity index is 1.84. The predicted octanol–water partition coefficient (Wildman–Crippen LogP) is 3.91. The lowest BCUT2D eigenvalue weighted by atomic mass is 10.1. The Morgan fingerprint density at radius 3 is 2.44 bits per heavy atom. The lowest BCUT2D eigenvalue weighted by molar-refractivity contribution is -0.142. The minimum atomic E-state index is -4.47. The molecule has 2 rings (SSSR count). The Labute approximate surface area is 153 Å². The van der Waals surface area contributed by atoms with Crippen molar-refractivity contribution in [3.05, 3.63) is 65.7 Å². The number of carbonyl (C=O) groups is 2. The fourth-order valence-corrected chi connectivity index (χ4v) is 2.04. The first-order valence-electron chi connectivity index (χ1n) is 7.74. The van der Waals surface area contributed by atoms with Gasteiger partial charge in [0.2, 0.25) is 0 Å². The highest BCUT2D eigenvalue weighted by Gasteiger charge is 2.30. The average Bonchev–Trinajstić information content (AvgIpc) is 2.65. The molecular formula is C19H16F3NO4. The number of amides is 1. The van der Waals surface area contributed by atoms with Crippen LogP contribution in [-0.4, -0.2) is 25.6 Å². The molecule has 27 heavy (non-hydrogen) atoms. The first kappa shape index (κ1) is 20.0. The summed E-state index contributed by atoms with van der Waals surface area (Å²) in [6, 6.07) is 11.0. The molecule has 5 nitrogen and oxygen atoms in total. The van der Waals surface area contributed by atoms with E-state index in [9.17, 15) is 22.8 Å². The predicted molar refractivity (Wildman–Crippen MR) is 93.1 cm³/mol. The van der Waals surface area contributed by atoms with Crippen molar-refractivity contribution in [2.75, 3.05) is 19.0 Å². The van der Waals surface area contributed by atoms with E-state index >= 15 is 0 Å². The Bertz CT molecular complexity index is 830. The molecule has 0 aromatic heterocycles. The normalized spacial score (nSPS) is 11.3. The maximum atomic E-state index is 12.6. The number of halogens is 3. The Hall–Kier alpha value is -3.29. The molecule has 1 amide bonds. The third-order valence-electron chi connectivity index (χ3n) is 3.35. The summed E-state index contributed by atoms with van der Waals surface area (Å²) in [5, 5.41) is 2.53. The molecule has 2 aromatic rings. The highest BCUT2D eigenvalue weighted by Crippen LogP contribution is 2.29. The van der Waals surface area contributed by atoms with Gasteiger partial charge in [0.15, 0.2) is 6.61 Å². The van der Waals surface area contributed by atoms with Gasteiger partial charge in [-0.25, -0.2) is 4.79 Å². The standard InChI is InChI=1S/C19H16F3NO4/c1-26-16-8-6-15(7-9-16)23-17(24)12-27-18(25)10-5-13-3-2-4-14(11-13)19(20,21)22/h2-11H,12H2,1H3,(H,23,24)/b10-5+. The number of benzene rings is 2. The lowest BCUT2D eigenvalue weighted by Crippen LogP contribution is -2.20. The second kappa shape index (κ2) is 8.88. The van der Waals surface area contributed by atoms with Gasteiger partial charge in [-0.15, -0.1) is 0 Å². The van der Waals surface area contributed by atoms with Crippen LogP contribution in [0, 0.1) is 0 Å². The van der Waals surface area contributed by atoms with Crippen LogP contribution in [0.2, 0.25) is 0 Å². The zero-order valence-corrected chi connectivity index (χ0v) is 14.2. The van der Waals surface area contributed by atoms with E-state index in [1.807, 2.05) is 0 Å². The fraction of sp³-hybridized carbons (Fsp3) is 0.158. The maximum Gasteiger partial charge on any atom is 0.416 e. The van der Waals surface area contributed by atoms with Crippen LogP contribution in [0.5, 0.6) is 5.75 Å². The Morgan fingerprint density at radius 2 is 1.81 bits per heavy atom. The lowest BCUT2D eigenvalue weighted by Gasteiger charge is -2.07. The van der Waals surface area contributed by atoms with Gasteiger partial charge < -0.3 is 14.8 Å². The summed E-state index contributed by atoms with van der Waals surface area (Å²) in [6.45, 7) is -0.530. The molecule has 0 unspecified atom stereocenters. The van der Waals surface area contributed by atoms with Gasteiger partial charge in [-0.05, 0) is 48.0 Å². The summed E-state index contributed by atoms with van der Waals surface area (Å²) in [6.07, 6.45) is -2.33. The van der Waals surface area contributed by atoms with Crippen molar-refractivity contribution in [1.82, 2.24) is 0 Å². The first-order chi connectivity index (χ1) is 12.8. The quantitative estimate of drug-likeness (QED) is 0.611. The number of hydrogen-bond donors (Lipinski definition) is 1. The SMILES string of the molecule is COc1ccc(NC(=O)COC(=O)/C=C/c2cccc(C(F)(F)F)c2)cc1. The number of ether oxygens (including phenoxy) is 2. The van der Waals surface area contributed by atoms with Crippen molar-refractivity contribution in [3.8, 4) is 5.75 Å². The fourth-order valence-electron chi connectivity index (χ4n) is 2.04. The molecule has 0 aliphatic heterocycles. The van der Waals surface area contributed by atoms with Crippen LogP contribution in [0.25, 0.3) is 6.08 Å². The van der Waals surface area contributed by atoms with Gasteiger partial charge in [0.1, 0.15) is 5.75 Å². The van der Waals surface area contributed by atoms with E-state index in [1.54, 1.807) is 24.3 Å². The Kier molecular flexibility index (Phi) is 6.59. The molecule has 0 atom stereocenters. The summed E-state index contributed by atoms with van der Waals surface area (Å²) in [7, 11) is 1.51. The second-order valence-electron chi connectivity index (χ2n) is 5.34. The van der Waals surface area contributed by atoms with Crippen LogP contribution < -0.4 is 10.1 Å². The summed E-state index contributed by atoms with van der Waals surface area (Å²) in [5.41, 5.74) is -0.141. The molecule has 0 fully saturated rings. The van der Waals surface area contributed by atoms with E-state index in [1.165, 1.54) is 25.3 Å². The van der Waals surface area contributed by atoms with Gasteiger partial charge >= 0.3 is 12.1 Å². The van der Waals surface area contributed by atoms with Crippen molar-refractivity contribution < 1.29 is 32.2 Å². The number of rotatable bonds is 6. The van der Waals surface area contributed by atoms with Gasteiger partial charge in [-0.2, -0.15) is 13.2 Å². The summed E-state index contributed by atoms with van der Waals surface area (Å²) >= 11 is 0. The van der Waals surface area contributed by atoms with Crippen molar-refractivity contribution in [2.24, 2.45) is 0 Å². The zero-order valence-electron chi connectivity index (χ0n) is 14.2. The van der Waals surface area contributed by atoms with E-state index in [2.05, 4.69) is 5.32 Å². The molecule has 2 aromatic carbocycles. The number of hydrogen-bond acceptors (Lipinski definition) is 4. The molecule has 0 bridgehead atoms. The summed E-state index contributed by atoms with van der Waals surface area (Å²) in [5.74, 6) is -0.780. The number of anilines is 1. The molecule has 142 valence electrons. The molecule has 0 spiro atoms. The van der Waals surface area contributed by atoms with Crippen LogP contribution in [0.15, 0.2) is 54.6 Å². The maximum absolute atomic E-state index is 12.6. The van der Waals surface area contributed by atoms with Gasteiger partial charge in [-0.3, -0.25) is 4.79 Å². The van der Waals surface area contributed by atoms with Crippen LogP contribution >= 0.6 is 0 Å². The van der Waals surface area contributed by atoms with Crippen LogP contribution in [0.1, 0.15) is 11.1 Å². The second-order valence-corrected chi connectivity index (χ2v) is 5.34.